The first-order valence-corrected chi connectivity index (χ1v) is 7.39. The fourth-order valence-corrected chi connectivity index (χ4v) is 1.78. The lowest BCUT2D eigenvalue weighted by Crippen LogP contribution is -2.11. The van der Waals surface area contributed by atoms with Crippen molar-refractivity contribution in [3.8, 4) is 17.2 Å². The van der Waals surface area contributed by atoms with Crippen molar-refractivity contribution in [2.75, 3.05) is 41.2 Å². The van der Waals surface area contributed by atoms with Gasteiger partial charge in [0.05, 0.1) is 33.5 Å². The Morgan fingerprint density at radius 2 is 1.61 bits per heavy atom. The minimum absolute atomic E-state index is 0.167. The van der Waals surface area contributed by atoms with Gasteiger partial charge >= 0.3 is 5.97 Å². The average Bonchev–Trinajstić information content (AvgIpc) is 2.59. The molecule has 0 saturated carbocycles. The topological polar surface area (TPSA) is 72.5 Å². The van der Waals surface area contributed by atoms with Crippen LogP contribution in [0, 0.1) is 0 Å². The van der Waals surface area contributed by atoms with Crippen LogP contribution in [0.4, 0.5) is 0 Å². The van der Waals surface area contributed by atoms with Gasteiger partial charge in [0, 0.05) is 6.61 Å². The van der Waals surface area contributed by atoms with Crippen LogP contribution in [0.5, 0.6) is 17.2 Å². The lowest BCUT2D eigenvalue weighted by molar-refractivity contribution is -0.247. The molecule has 0 saturated heterocycles. The summed E-state index contributed by atoms with van der Waals surface area (Å²) in [5.41, 5.74) is 0.228. The zero-order valence-corrected chi connectivity index (χ0v) is 14.0. The summed E-state index contributed by atoms with van der Waals surface area (Å²) in [6.45, 7) is 3.28. The standard InChI is InChI=1S/C16H24O7/c1-5-6-7-21-8-9-22-23-16(17)12-10-13(18-2)15(20-4)14(11-12)19-3/h10-11H,5-9H2,1-4H3. The minimum atomic E-state index is -0.655. The van der Waals surface area contributed by atoms with Crippen molar-refractivity contribution in [2.45, 2.75) is 19.8 Å². The summed E-state index contributed by atoms with van der Waals surface area (Å²) in [5.74, 6) is 0.470. The van der Waals surface area contributed by atoms with Gasteiger partial charge in [-0.25, -0.2) is 4.79 Å². The van der Waals surface area contributed by atoms with Crippen molar-refractivity contribution in [3.63, 3.8) is 0 Å². The number of hydrogen-bond acceptors (Lipinski definition) is 7. The zero-order valence-electron chi connectivity index (χ0n) is 14.0. The molecule has 7 heteroatoms. The highest BCUT2D eigenvalue weighted by atomic mass is 17.2. The molecule has 0 aliphatic heterocycles. The summed E-state index contributed by atoms with van der Waals surface area (Å²) in [6.07, 6.45) is 2.06. The smallest absolute Gasteiger partial charge is 0.373 e. The maximum Gasteiger partial charge on any atom is 0.373 e. The largest absolute Gasteiger partial charge is 0.493 e. The second-order valence-electron chi connectivity index (χ2n) is 4.57. The molecule has 130 valence electrons. The van der Waals surface area contributed by atoms with Gasteiger partial charge in [-0.2, -0.15) is 4.89 Å². The molecule has 0 heterocycles. The molecule has 0 aromatic heterocycles. The number of carbonyl (C=O) groups is 1. The molecule has 0 N–H and O–H groups in total. The summed E-state index contributed by atoms with van der Waals surface area (Å²) in [4.78, 5) is 21.6. The Kier molecular flexibility index (Phi) is 8.86. The molecule has 1 aromatic rings. The van der Waals surface area contributed by atoms with Crippen LogP contribution in [-0.2, 0) is 14.5 Å². The molecule has 0 radical (unpaired) electrons. The highest BCUT2D eigenvalue weighted by Gasteiger charge is 2.18. The molecule has 0 unspecified atom stereocenters. The number of ether oxygens (including phenoxy) is 4. The van der Waals surface area contributed by atoms with E-state index in [1.807, 2.05) is 0 Å². The van der Waals surface area contributed by atoms with Crippen LogP contribution in [0.3, 0.4) is 0 Å². The van der Waals surface area contributed by atoms with Gasteiger partial charge in [-0.15, -0.1) is 0 Å². The Balaban J connectivity index is 2.56. The minimum Gasteiger partial charge on any atom is -0.493 e. The van der Waals surface area contributed by atoms with Gasteiger partial charge in [-0.05, 0) is 18.6 Å². The number of unbranched alkanes of at least 4 members (excludes halogenated alkanes) is 1. The fraction of sp³-hybridized carbons (Fsp3) is 0.562. The Hall–Kier alpha value is -1.99. The highest BCUT2D eigenvalue weighted by Crippen LogP contribution is 2.38. The average molecular weight is 328 g/mol. The maximum absolute atomic E-state index is 12.0. The van der Waals surface area contributed by atoms with Crippen molar-refractivity contribution >= 4 is 5.97 Å². The molecule has 0 fully saturated rings. The summed E-state index contributed by atoms with van der Waals surface area (Å²) in [5, 5.41) is 0. The van der Waals surface area contributed by atoms with E-state index in [1.165, 1.54) is 33.5 Å². The van der Waals surface area contributed by atoms with Crippen molar-refractivity contribution < 1.29 is 33.5 Å². The van der Waals surface area contributed by atoms with Crippen molar-refractivity contribution in [1.29, 1.82) is 0 Å². The van der Waals surface area contributed by atoms with E-state index in [4.69, 9.17) is 28.7 Å². The van der Waals surface area contributed by atoms with Crippen LogP contribution in [0.15, 0.2) is 12.1 Å². The lowest BCUT2D eigenvalue weighted by Gasteiger charge is -2.13. The molecule has 1 rings (SSSR count). The number of benzene rings is 1. The second-order valence-corrected chi connectivity index (χ2v) is 4.57. The predicted molar refractivity (Wildman–Crippen MR) is 83.2 cm³/mol. The summed E-state index contributed by atoms with van der Waals surface area (Å²) in [7, 11) is 4.42. The molecule has 0 atom stereocenters. The molecule has 0 spiro atoms. The van der Waals surface area contributed by atoms with Gasteiger partial charge in [-0.1, -0.05) is 13.3 Å². The van der Waals surface area contributed by atoms with Crippen LogP contribution in [-0.4, -0.2) is 47.1 Å². The van der Waals surface area contributed by atoms with Crippen LogP contribution in [0.1, 0.15) is 30.1 Å². The maximum atomic E-state index is 12.0. The van der Waals surface area contributed by atoms with Crippen molar-refractivity contribution in [1.82, 2.24) is 0 Å². The molecule has 0 amide bonds. The third kappa shape index (κ3) is 5.96. The first kappa shape index (κ1) is 19.1. The number of methoxy groups -OCH3 is 3. The van der Waals surface area contributed by atoms with Crippen molar-refractivity contribution in [3.05, 3.63) is 17.7 Å². The second kappa shape index (κ2) is 10.7. The van der Waals surface area contributed by atoms with E-state index in [9.17, 15) is 4.79 Å². The van der Waals surface area contributed by atoms with E-state index < -0.39 is 5.97 Å². The van der Waals surface area contributed by atoms with Gasteiger partial charge in [0.1, 0.15) is 6.61 Å². The van der Waals surface area contributed by atoms with Crippen LogP contribution >= 0.6 is 0 Å². The Labute approximate surface area is 136 Å². The third-order valence-corrected chi connectivity index (χ3v) is 2.99. The monoisotopic (exact) mass is 328 g/mol. The fourth-order valence-electron chi connectivity index (χ4n) is 1.78. The summed E-state index contributed by atoms with van der Waals surface area (Å²) < 4.78 is 20.8. The molecule has 23 heavy (non-hydrogen) atoms. The SMILES string of the molecule is CCCCOCCOOC(=O)c1cc(OC)c(OC)c(OC)c1. The highest BCUT2D eigenvalue weighted by molar-refractivity contribution is 5.90. The Morgan fingerprint density at radius 3 is 2.13 bits per heavy atom. The number of rotatable bonds is 11. The first-order valence-electron chi connectivity index (χ1n) is 7.39. The molecule has 7 nitrogen and oxygen atoms in total. The summed E-state index contributed by atoms with van der Waals surface area (Å²) in [6, 6.07) is 2.98. The van der Waals surface area contributed by atoms with Gasteiger partial charge in [-0.3, -0.25) is 4.89 Å². The van der Waals surface area contributed by atoms with E-state index >= 15 is 0 Å². The molecule has 0 aliphatic rings. The molecule has 0 bridgehead atoms. The number of hydrogen-bond donors (Lipinski definition) is 0. The third-order valence-electron chi connectivity index (χ3n) is 2.99. The van der Waals surface area contributed by atoms with Crippen LogP contribution < -0.4 is 14.2 Å². The van der Waals surface area contributed by atoms with Gasteiger partial charge in [0.2, 0.25) is 5.75 Å². The zero-order chi connectivity index (χ0) is 17.1. The first-order chi connectivity index (χ1) is 11.2. The van der Waals surface area contributed by atoms with E-state index in [1.54, 1.807) is 0 Å². The molecule has 1 aromatic carbocycles. The van der Waals surface area contributed by atoms with Crippen LogP contribution in [0.25, 0.3) is 0 Å². The van der Waals surface area contributed by atoms with E-state index in [0.717, 1.165) is 12.8 Å². The normalized spacial score (nSPS) is 10.3. The lowest BCUT2D eigenvalue weighted by atomic mass is 10.2. The van der Waals surface area contributed by atoms with E-state index in [-0.39, 0.29) is 12.2 Å². The van der Waals surface area contributed by atoms with E-state index in [0.29, 0.717) is 30.5 Å². The Bertz CT molecular complexity index is 462. The van der Waals surface area contributed by atoms with Gasteiger partial charge in [0.25, 0.3) is 0 Å². The molecular weight excluding hydrogens is 304 g/mol. The molecular formula is C16H24O7. The van der Waals surface area contributed by atoms with Gasteiger partial charge in [0.15, 0.2) is 11.5 Å². The molecule has 0 aliphatic carbocycles. The number of carbonyl (C=O) groups excluding carboxylic acids is 1. The summed E-state index contributed by atoms with van der Waals surface area (Å²) >= 11 is 0. The van der Waals surface area contributed by atoms with E-state index in [2.05, 4.69) is 6.92 Å². The predicted octanol–water partition coefficient (Wildman–Crippen LogP) is 2.62. The quantitative estimate of drug-likeness (QED) is 0.351. The Morgan fingerprint density at radius 1 is 0.957 bits per heavy atom. The van der Waals surface area contributed by atoms with Gasteiger partial charge < -0.3 is 18.9 Å². The van der Waals surface area contributed by atoms with Crippen molar-refractivity contribution in [2.24, 2.45) is 0 Å². The van der Waals surface area contributed by atoms with Crippen LogP contribution in [0.2, 0.25) is 0 Å².